The van der Waals surface area contributed by atoms with Crippen LogP contribution >= 0.6 is 0 Å². The molecule has 1 N–H and O–H groups in total. The first-order valence-electron chi connectivity index (χ1n) is 10.1. The van der Waals surface area contributed by atoms with Crippen LogP contribution in [-0.4, -0.2) is 39.8 Å². The number of carbonyl (C=O) groups is 1. The smallest absolute Gasteiger partial charge is 0.248 e. The number of sulfonamides is 1. The minimum absolute atomic E-state index is 0.0470. The predicted octanol–water partition coefficient (Wildman–Crippen LogP) is 4.17. The number of hydrogen-bond donors (Lipinski definition) is 1. The normalized spacial score (nSPS) is 12.6. The van der Waals surface area contributed by atoms with E-state index in [9.17, 15) is 13.2 Å². The summed E-state index contributed by atoms with van der Waals surface area (Å²) in [7, 11) is 0.651. The number of rotatable bonds is 6. The second-order valence-electron chi connectivity index (χ2n) is 7.73. The van der Waals surface area contributed by atoms with Crippen molar-refractivity contribution in [2.75, 3.05) is 26.5 Å². The Morgan fingerprint density at radius 2 is 1.75 bits per heavy atom. The number of fused-ring (bicyclic) bond motifs is 3. The Hall–Kier alpha value is -3.42. The highest BCUT2D eigenvalue weighted by Crippen LogP contribution is 2.37. The van der Waals surface area contributed by atoms with Crippen molar-refractivity contribution in [1.82, 2.24) is 4.31 Å². The van der Waals surface area contributed by atoms with Crippen molar-refractivity contribution in [2.45, 2.75) is 11.3 Å². The lowest BCUT2D eigenvalue weighted by atomic mass is 10.1. The van der Waals surface area contributed by atoms with Crippen LogP contribution in [0.3, 0.4) is 0 Å². The summed E-state index contributed by atoms with van der Waals surface area (Å²) in [5, 5.41) is 2.88. The van der Waals surface area contributed by atoms with Crippen molar-refractivity contribution >= 4 is 27.7 Å². The fourth-order valence-electron chi connectivity index (χ4n) is 3.77. The molecule has 0 bridgehead atoms. The van der Waals surface area contributed by atoms with Crippen LogP contribution in [0.2, 0.25) is 0 Å². The number of benzene rings is 3. The summed E-state index contributed by atoms with van der Waals surface area (Å²) in [5.74, 6) is -0.0484. The number of carbonyl (C=O) groups excluding carboxylic acids is 1. The molecule has 3 aromatic rings. The molecule has 0 unspecified atom stereocenters. The Morgan fingerprint density at radius 3 is 2.50 bits per heavy atom. The van der Waals surface area contributed by atoms with Gasteiger partial charge in [-0.15, -0.1) is 0 Å². The van der Waals surface area contributed by atoms with Crippen molar-refractivity contribution in [3.8, 4) is 16.9 Å². The molecule has 1 aliphatic carbocycles. The SMILES string of the molecule is COc1ccc(/C=C/C(=O)Nc2ccc3c(c2)Cc2ccccc2-3)cc1S(=O)(=O)N(C)C. The summed E-state index contributed by atoms with van der Waals surface area (Å²) in [5.41, 5.74) is 6.20. The zero-order valence-corrected chi connectivity index (χ0v) is 18.9. The van der Waals surface area contributed by atoms with E-state index in [4.69, 9.17) is 4.74 Å². The molecule has 3 aromatic carbocycles. The summed E-state index contributed by atoms with van der Waals surface area (Å²) in [6.45, 7) is 0. The second-order valence-corrected chi connectivity index (χ2v) is 9.85. The maximum absolute atomic E-state index is 12.6. The van der Waals surface area contributed by atoms with Gasteiger partial charge in [0.2, 0.25) is 15.9 Å². The maximum atomic E-state index is 12.6. The lowest BCUT2D eigenvalue weighted by molar-refractivity contribution is -0.111. The number of nitrogens with zero attached hydrogens (tertiary/aromatic N) is 1. The average Bonchev–Trinajstić information content (AvgIpc) is 3.15. The lowest BCUT2D eigenvalue weighted by Gasteiger charge is -2.15. The molecule has 32 heavy (non-hydrogen) atoms. The van der Waals surface area contributed by atoms with Crippen LogP contribution in [0.25, 0.3) is 17.2 Å². The Labute approximate surface area is 188 Å². The largest absolute Gasteiger partial charge is 0.495 e. The third-order valence-electron chi connectivity index (χ3n) is 5.43. The van der Waals surface area contributed by atoms with Gasteiger partial charge in [0.25, 0.3) is 0 Å². The summed E-state index contributed by atoms with van der Waals surface area (Å²) in [4.78, 5) is 12.5. The summed E-state index contributed by atoms with van der Waals surface area (Å²) < 4.78 is 31.4. The predicted molar refractivity (Wildman–Crippen MR) is 126 cm³/mol. The van der Waals surface area contributed by atoms with Crippen LogP contribution in [0, 0.1) is 0 Å². The van der Waals surface area contributed by atoms with Gasteiger partial charge < -0.3 is 10.1 Å². The number of hydrogen-bond acceptors (Lipinski definition) is 4. The van der Waals surface area contributed by atoms with Crippen LogP contribution < -0.4 is 10.1 Å². The molecule has 0 fully saturated rings. The zero-order chi connectivity index (χ0) is 22.9. The molecule has 164 valence electrons. The van der Waals surface area contributed by atoms with Gasteiger partial charge in [0.05, 0.1) is 7.11 Å². The minimum Gasteiger partial charge on any atom is -0.495 e. The molecule has 0 saturated heterocycles. The van der Waals surface area contributed by atoms with E-state index in [1.807, 2.05) is 30.3 Å². The number of amides is 1. The van der Waals surface area contributed by atoms with E-state index < -0.39 is 10.0 Å². The molecule has 7 heteroatoms. The minimum atomic E-state index is -3.68. The van der Waals surface area contributed by atoms with Crippen molar-refractivity contribution in [1.29, 1.82) is 0 Å². The fourth-order valence-corrected chi connectivity index (χ4v) is 4.86. The topological polar surface area (TPSA) is 75.7 Å². The highest BCUT2D eigenvalue weighted by atomic mass is 32.2. The summed E-state index contributed by atoms with van der Waals surface area (Å²) >= 11 is 0. The molecule has 6 nitrogen and oxygen atoms in total. The van der Waals surface area contributed by atoms with E-state index in [-0.39, 0.29) is 16.6 Å². The summed E-state index contributed by atoms with van der Waals surface area (Å²) in [6, 6.07) is 19.0. The van der Waals surface area contributed by atoms with E-state index in [1.165, 1.54) is 55.6 Å². The van der Waals surface area contributed by atoms with Gasteiger partial charge >= 0.3 is 0 Å². The van der Waals surface area contributed by atoms with Crippen LogP contribution in [0.1, 0.15) is 16.7 Å². The highest BCUT2D eigenvalue weighted by Gasteiger charge is 2.22. The number of methoxy groups -OCH3 is 1. The molecular formula is C25H24N2O4S. The first kappa shape index (κ1) is 21.8. The molecule has 0 spiro atoms. The summed E-state index contributed by atoms with van der Waals surface area (Å²) in [6.07, 6.45) is 3.81. The van der Waals surface area contributed by atoms with Crippen LogP contribution in [0.4, 0.5) is 5.69 Å². The number of ether oxygens (including phenoxy) is 1. The maximum Gasteiger partial charge on any atom is 0.248 e. The lowest BCUT2D eigenvalue weighted by Crippen LogP contribution is -2.22. The Balaban J connectivity index is 1.51. The Kier molecular flexibility index (Phi) is 5.86. The Morgan fingerprint density at radius 1 is 1.00 bits per heavy atom. The van der Waals surface area contributed by atoms with Gasteiger partial charge in [0.1, 0.15) is 10.6 Å². The molecular weight excluding hydrogens is 424 g/mol. The van der Waals surface area contributed by atoms with Gasteiger partial charge in [-0.1, -0.05) is 36.4 Å². The second kappa shape index (κ2) is 8.61. The van der Waals surface area contributed by atoms with Gasteiger partial charge in [0, 0.05) is 25.9 Å². The Bertz CT molecular complexity index is 1330. The van der Waals surface area contributed by atoms with E-state index >= 15 is 0 Å². The third-order valence-corrected chi connectivity index (χ3v) is 7.27. The van der Waals surface area contributed by atoms with Crippen molar-refractivity contribution < 1.29 is 17.9 Å². The van der Waals surface area contributed by atoms with E-state index in [0.717, 1.165) is 16.4 Å². The van der Waals surface area contributed by atoms with Gasteiger partial charge in [-0.05, 0) is 64.6 Å². The molecule has 0 radical (unpaired) electrons. The quantitative estimate of drug-likeness (QED) is 0.449. The van der Waals surface area contributed by atoms with Crippen LogP contribution in [0.5, 0.6) is 5.75 Å². The fraction of sp³-hybridized carbons (Fsp3) is 0.160. The van der Waals surface area contributed by atoms with Crippen LogP contribution in [-0.2, 0) is 21.2 Å². The molecule has 0 aromatic heterocycles. The van der Waals surface area contributed by atoms with E-state index in [0.29, 0.717) is 5.56 Å². The van der Waals surface area contributed by atoms with Gasteiger partial charge in [-0.2, -0.15) is 0 Å². The molecule has 0 saturated carbocycles. The van der Waals surface area contributed by atoms with Gasteiger partial charge in [0.15, 0.2) is 0 Å². The number of nitrogens with one attached hydrogen (secondary N) is 1. The molecule has 0 aliphatic heterocycles. The zero-order valence-electron chi connectivity index (χ0n) is 18.1. The monoisotopic (exact) mass is 448 g/mol. The molecule has 0 heterocycles. The van der Waals surface area contributed by atoms with Crippen molar-refractivity contribution in [3.05, 3.63) is 83.4 Å². The van der Waals surface area contributed by atoms with Crippen molar-refractivity contribution in [2.24, 2.45) is 0 Å². The first-order valence-corrected chi connectivity index (χ1v) is 11.5. The highest BCUT2D eigenvalue weighted by molar-refractivity contribution is 7.89. The molecule has 1 aliphatic rings. The van der Waals surface area contributed by atoms with Gasteiger partial charge in [-0.3, -0.25) is 4.79 Å². The number of anilines is 1. The van der Waals surface area contributed by atoms with Crippen molar-refractivity contribution in [3.63, 3.8) is 0 Å². The molecule has 4 rings (SSSR count). The molecule has 1 amide bonds. The average molecular weight is 449 g/mol. The van der Waals surface area contributed by atoms with E-state index in [2.05, 4.69) is 17.4 Å². The molecule has 0 atom stereocenters. The van der Waals surface area contributed by atoms with Crippen LogP contribution in [0.15, 0.2) is 71.6 Å². The van der Waals surface area contributed by atoms with E-state index in [1.54, 1.807) is 18.2 Å². The van der Waals surface area contributed by atoms with Gasteiger partial charge in [-0.25, -0.2) is 12.7 Å². The standard InChI is InChI=1S/C25H24N2O4S/c1-27(2)32(29,30)24-14-17(8-12-23(24)31-3)9-13-25(28)26-20-10-11-22-19(16-20)15-18-6-4-5-7-21(18)22/h4-14,16H,15H2,1-3H3,(H,26,28)/b13-9+. The first-order chi connectivity index (χ1) is 15.3. The third kappa shape index (κ3) is 4.17.